The van der Waals surface area contributed by atoms with Gasteiger partial charge in [0.2, 0.25) is 0 Å². The second kappa shape index (κ2) is 17.8. The average molecular weight is 875 g/mol. The van der Waals surface area contributed by atoms with Crippen LogP contribution in [0.2, 0.25) is 0 Å². The Hall–Kier alpha value is -8.86. The molecule has 0 unspecified atom stereocenters. The van der Waals surface area contributed by atoms with Crippen molar-refractivity contribution < 1.29 is 9.59 Å². The lowest BCUT2D eigenvalue weighted by Crippen LogP contribution is -2.48. The topological polar surface area (TPSA) is 40.6 Å². The Bertz CT molecular complexity index is 2930. The van der Waals surface area contributed by atoms with Crippen LogP contribution in [0.4, 0.5) is 22.7 Å². The summed E-state index contributed by atoms with van der Waals surface area (Å²) in [6.07, 6.45) is 0. The summed E-state index contributed by atoms with van der Waals surface area (Å²) in [7, 11) is 0. The van der Waals surface area contributed by atoms with Crippen molar-refractivity contribution in [3.63, 3.8) is 0 Å². The van der Waals surface area contributed by atoms with E-state index < -0.39 is 11.1 Å². The van der Waals surface area contributed by atoms with Gasteiger partial charge in [-0.1, -0.05) is 243 Å². The van der Waals surface area contributed by atoms with Crippen LogP contribution < -0.4 is 9.80 Å². The lowest BCUT2D eigenvalue weighted by molar-refractivity contribution is 0.0979. The molecule has 1 aliphatic rings. The van der Waals surface area contributed by atoms with Crippen molar-refractivity contribution in [3.8, 4) is 0 Å². The largest absolute Gasteiger partial charge is 0.322 e. The number of fused-ring (bicyclic) bond motifs is 2. The molecule has 0 amide bonds. The summed E-state index contributed by atoms with van der Waals surface area (Å²) < 4.78 is 0. The van der Waals surface area contributed by atoms with Crippen LogP contribution in [0.3, 0.4) is 0 Å². The van der Waals surface area contributed by atoms with Gasteiger partial charge in [0, 0.05) is 22.5 Å². The molecule has 0 N–H and O–H groups in total. The van der Waals surface area contributed by atoms with Crippen molar-refractivity contribution in [2.24, 2.45) is 0 Å². The fraction of sp³-hybridized carbons (Fsp3) is 0.0312. The van der Waals surface area contributed by atoms with Gasteiger partial charge in [0.15, 0.2) is 11.6 Å². The van der Waals surface area contributed by atoms with Gasteiger partial charge in [-0.2, -0.15) is 0 Å². The summed E-state index contributed by atoms with van der Waals surface area (Å²) in [5.41, 5.74) is 8.01. The molecule has 68 heavy (non-hydrogen) atoms. The van der Waals surface area contributed by atoms with Crippen LogP contribution in [0.25, 0.3) is 0 Å². The van der Waals surface area contributed by atoms with Crippen LogP contribution in [-0.2, 0) is 11.1 Å². The smallest absolute Gasteiger partial charge is 0.196 e. The number of ketones is 2. The molecule has 0 bridgehead atoms. The standard InChI is InChI=1S/C64H46N2O2/c67-61-55-43-25-26-44-56(55)62(68)60-58(66(54-41-23-8-24-42-54)64(50-33-15-4-16-34-50,51-35-17-5-18-36-51)52-37-19-6-20-38-52)46-45-57(59(60)61)65(53-39-21-7-22-40-53)63(47-27-9-1-10-28-47,48-29-11-2-12-30-48)49-31-13-3-14-32-49/h1-46H. The molecule has 4 heteroatoms. The number of rotatable bonds is 12. The average Bonchev–Trinajstić information content (AvgIpc) is 3.43. The van der Waals surface area contributed by atoms with E-state index in [2.05, 4.69) is 192 Å². The first-order chi connectivity index (χ1) is 33.6. The van der Waals surface area contributed by atoms with Crippen LogP contribution in [0, 0.1) is 0 Å². The van der Waals surface area contributed by atoms with Crippen molar-refractivity contribution in [2.75, 3.05) is 9.80 Å². The summed E-state index contributed by atoms with van der Waals surface area (Å²) in [4.78, 5) is 36.8. The normalized spacial score (nSPS) is 12.2. The van der Waals surface area contributed by atoms with E-state index in [0.717, 1.165) is 44.8 Å². The van der Waals surface area contributed by atoms with Crippen molar-refractivity contribution in [2.45, 2.75) is 11.1 Å². The number of carbonyl (C=O) groups is 2. The molecule has 0 aliphatic heterocycles. The number of anilines is 4. The van der Waals surface area contributed by atoms with Gasteiger partial charge in [0.1, 0.15) is 11.1 Å². The second-order valence-corrected chi connectivity index (χ2v) is 17.0. The highest BCUT2D eigenvalue weighted by Gasteiger charge is 2.49. The van der Waals surface area contributed by atoms with Gasteiger partial charge >= 0.3 is 0 Å². The molecule has 0 spiro atoms. The van der Waals surface area contributed by atoms with Crippen LogP contribution in [-0.4, -0.2) is 11.6 Å². The van der Waals surface area contributed by atoms with E-state index in [1.165, 1.54) is 0 Å². The van der Waals surface area contributed by atoms with Gasteiger partial charge in [-0.15, -0.1) is 0 Å². The Balaban J connectivity index is 1.33. The minimum absolute atomic E-state index is 0.228. The fourth-order valence-electron chi connectivity index (χ4n) is 10.6. The van der Waals surface area contributed by atoms with E-state index in [-0.39, 0.29) is 11.6 Å². The molecule has 10 aromatic rings. The first kappa shape index (κ1) is 41.8. The molecule has 0 aromatic heterocycles. The van der Waals surface area contributed by atoms with Crippen molar-refractivity contribution in [3.05, 3.63) is 335 Å². The molecule has 0 radical (unpaired) electrons. The highest BCUT2D eigenvalue weighted by molar-refractivity contribution is 6.32. The van der Waals surface area contributed by atoms with E-state index >= 15 is 9.59 Å². The Morgan fingerprint density at radius 3 is 0.676 bits per heavy atom. The third kappa shape index (κ3) is 6.77. The molecule has 0 heterocycles. The first-order valence-electron chi connectivity index (χ1n) is 23.0. The lowest BCUT2D eigenvalue weighted by atomic mass is 9.72. The third-order valence-electron chi connectivity index (χ3n) is 13.4. The summed E-state index contributed by atoms with van der Waals surface area (Å²) in [5, 5.41) is 0. The zero-order valence-corrected chi connectivity index (χ0v) is 37.3. The fourth-order valence-corrected chi connectivity index (χ4v) is 10.6. The highest BCUT2D eigenvalue weighted by Crippen LogP contribution is 2.55. The van der Waals surface area contributed by atoms with Crippen LogP contribution in [0.1, 0.15) is 65.2 Å². The lowest BCUT2D eigenvalue weighted by Gasteiger charge is -2.49. The highest BCUT2D eigenvalue weighted by atomic mass is 16.1. The molecule has 0 saturated heterocycles. The first-order valence-corrected chi connectivity index (χ1v) is 23.0. The second-order valence-electron chi connectivity index (χ2n) is 17.0. The molecule has 10 aromatic carbocycles. The van der Waals surface area contributed by atoms with E-state index in [1.807, 2.05) is 84.9 Å². The van der Waals surface area contributed by atoms with Crippen molar-refractivity contribution >= 4 is 34.3 Å². The van der Waals surface area contributed by atoms with E-state index in [0.29, 0.717) is 33.6 Å². The Labute approximate surface area is 397 Å². The number of para-hydroxylation sites is 2. The van der Waals surface area contributed by atoms with E-state index in [9.17, 15) is 0 Å². The molecular formula is C64H46N2O2. The molecule has 324 valence electrons. The maximum Gasteiger partial charge on any atom is 0.196 e. The predicted octanol–water partition coefficient (Wildman–Crippen LogP) is 14.7. The van der Waals surface area contributed by atoms with Gasteiger partial charge in [-0.05, 0) is 69.8 Å². The monoisotopic (exact) mass is 874 g/mol. The Kier molecular flexibility index (Phi) is 11.0. The molecule has 1 aliphatic carbocycles. The van der Waals surface area contributed by atoms with Gasteiger partial charge in [0.25, 0.3) is 0 Å². The minimum atomic E-state index is -1.07. The van der Waals surface area contributed by atoms with Gasteiger partial charge in [0.05, 0.1) is 22.5 Å². The number of benzene rings is 10. The quantitative estimate of drug-likeness (QED) is 0.115. The van der Waals surface area contributed by atoms with Crippen LogP contribution in [0.5, 0.6) is 0 Å². The zero-order valence-electron chi connectivity index (χ0n) is 37.3. The number of carbonyl (C=O) groups excluding carboxylic acids is 2. The zero-order chi connectivity index (χ0) is 45.9. The van der Waals surface area contributed by atoms with Crippen molar-refractivity contribution in [1.82, 2.24) is 0 Å². The Morgan fingerprint density at radius 2 is 0.441 bits per heavy atom. The Morgan fingerprint density at radius 1 is 0.235 bits per heavy atom. The molecule has 0 saturated carbocycles. The number of nitrogens with zero attached hydrogens (tertiary/aromatic N) is 2. The third-order valence-corrected chi connectivity index (χ3v) is 13.4. The number of hydrogen-bond acceptors (Lipinski definition) is 4. The van der Waals surface area contributed by atoms with E-state index in [1.54, 1.807) is 12.1 Å². The maximum absolute atomic E-state index is 16.1. The van der Waals surface area contributed by atoms with Gasteiger partial charge in [-0.25, -0.2) is 0 Å². The maximum atomic E-state index is 16.1. The van der Waals surface area contributed by atoms with Crippen molar-refractivity contribution in [1.29, 1.82) is 0 Å². The van der Waals surface area contributed by atoms with E-state index in [4.69, 9.17) is 0 Å². The minimum Gasteiger partial charge on any atom is -0.322 e. The van der Waals surface area contributed by atoms with Gasteiger partial charge in [-0.3, -0.25) is 9.59 Å². The molecular weight excluding hydrogens is 829 g/mol. The van der Waals surface area contributed by atoms with Crippen LogP contribution in [0.15, 0.2) is 279 Å². The molecule has 0 fully saturated rings. The molecule has 11 rings (SSSR count). The number of hydrogen-bond donors (Lipinski definition) is 0. The molecule has 4 nitrogen and oxygen atoms in total. The summed E-state index contributed by atoms with van der Waals surface area (Å²) in [6, 6.07) is 94.8. The summed E-state index contributed by atoms with van der Waals surface area (Å²) in [6.45, 7) is 0. The van der Waals surface area contributed by atoms with Gasteiger partial charge < -0.3 is 9.80 Å². The molecule has 0 atom stereocenters. The SMILES string of the molecule is O=C1c2ccccc2C(=O)c2c(N(c3ccccc3)C(c3ccccc3)(c3ccccc3)c3ccccc3)ccc(N(c3ccccc3)C(c3ccccc3)(c3ccccc3)c3ccccc3)c21. The predicted molar refractivity (Wildman–Crippen MR) is 275 cm³/mol. The summed E-state index contributed by atoms with van der Waals surface area (Å²) in [5.74, 6) is -0.456. The van der Waals surface area contributed by atoms with Crippen LogP contribution >= 0.6 is 0 Å². The summed E-state index contributed by atoms with van der Waals surface area (Å²) >= 11 is 0.